The summed E-state index contributed by atoms with van der Waals surface area (Å²) in [5, 5.41) is 10.9. The lowest BCUT2D eigenvalue weighted by atomic mass is 9.96. The quantitative estimate of drug-likeness (QED) is 0.674. The highest BCUT2D eigenvalue weighted by molar-refractivity contribution is 8.28. The van der Waals surface area contributed by atoms with Crippen LogP contribution in [0.4, 0.5) is 20.2 Å². The molecule has 0 aromatic heterocycles. The lowest BCUT2D eigenvalue weighted by molar-refractivity contribution is -0.173. The van der Waals surface area contributed by atoms with Gasteiger partial charge in [0.25, 0.3) is 11.8 Å². The predicted molar refractivity (Wildman–Crippen MR) is 109 cm³/mol. The van der Waals surface area contributed by atoms with E-state index in [1.165, 1.54) is 54.3 Å². The summed E-state index contributed by atoms with van der Waals surface area (Å²) in [5.41, 5.74) is -0.899. The zero-order valence-corrected chi connectivity index (χ0v) is 17.4. The summed E-state index contributed by atoms with van der Waals surface area (Å²) in [6, 6.07) is 10.1. The molecule has 1 fully saturated rings. The Labute approximate surface area is 178 Å². The van der Waals surface area contributed by atoms with Crippen molar-refractivity contribution in [2.24, 2.45) is 0 Å². The van der Waals surface area contributed by atoms with E-state index in [1.54, 1.807) is 6.26 Å². The van der Waals surface area contributed by atoms with Crippen molar-refractivity contribution in [1.29, 1.82) is 0 Å². The van der Waals surface area contributed by atoms with Gasteiger partial charge in [0, 0.05) is 29.2 Å². The van der Waals surface area contributed by atoms with Crippen LogP contribution in [-0.4, -0.2) is 42.1 Å². The van der Waals surface area contributed by atoms with Crippen molar-refractivity contribution < 1.29 is 37.4 Å². The number of halogens is 2. The first-order valence-corrected chi connectivity index (χ1v) is 11.4. The van der Waals surface area contributed by atoms with Crippen LogP contribution in [0.1, 0.15) is 22.8 Å². The number of amides is 2. The average molecular weight is 454 g/mol. The first-order chi connectivity index (χ1) is 14.6. The number of rotatable bonds is 5. The van der Waals surface area contributed by atoms with Crippen molar-refractivity contribution in [3.05, 3.63) is 53.6 Å². The van der Waals surface area contributed by atoms with Crippen LogP contribution >= 0.6 is 10.5 Å². The smallest absolute Gasteiger partial charge is 0.387 e. The molecule has 2 aromatic carbocycles. The molecule has 2 atom stereocenters. The number of carbonyl (C=O) groups is 2. The van der Waals surface area contributed by atoms with Gasteiger partial charge in [-0.1, -0.05) is 6.07 Å². The number of fused-ring (bicyclic) bond motifs is 1. The third-order valence-corrected chi connectivity index (χ3v) is 6.97. The summed E-state index contributed by atoms with van der Waals surface area (Å²) >= 11 is 0. The van der Waals surface area contributed by atoms with Gasteiger partial charge in [-0.05, 0) is 47.8 Å². The van der Waals surface area contributed by atoms with Gasteiger partial charge in [0.1, 0.15) is 5.75 Å². The lowest BCUT2D eigenvalue weighted by Gasteiger charge is -2.27. The Balaban J connectivity index is 1.68. The molecule has 1 saturated heterocycles. The second-order valence-corrected chi connectivity index (χ2v) is 10.1. The standard InChI is InChI=1S/C20H20F2N2O6S/c1-20(27)15-10-12(17(25)23-31(2)9-8-28-30-31)6-7-16(15)24(18(20)26)13-4-3-5-14(11-13)29-19(21)22/h3-7,10-11,19,27H,8-9H2,1-2H3,(H,23,25)/t20-/m1/s1. The van der Waals surface area contributed by atoms with Gasteiger partial charge in [-0.25, -0.2) is 4.89 Å². The molecular weight excluding hydrogens is 434 g/mol. The molecule has 166 valence electrons. The molecule has 0 aliphatic carbocycles. The van der Waals surface area contributed by atoms with E-state index in [9.17, 15) is 23.5 Å². The highest BCUT2D eigenvalue weighted by atomic mass is 32.3. The third kappa shape index (κ3) is 3.97. The van der Waals surface area contributed by atoms with Crippen molar-refractivity contribution in [3.8, 4) is 5.75 Å². The first kappa shape index (κ1) is 21.5. The summed E-state index contributed by atoms with van der Waals surface area (Å²) in [7, 11) is -1.91. The van der Waals surface area contributed by atoms with E-state index in [1.807, 2.05) is 0 Å². The molecule has 2 aromatic rings. The minimum Gasteiger partial charge on any atom is -0.435 e. The maximum absolute atomic E-state index is 13.0. The minimum atomic E-state index is -3.01. The monoisotopic (exact) mass is 454 g/mol. The Bertz CT molecular complexity index is 1040. The summed E-state index contributed by atoms with van der Waals surface area (Å²) in [6.07, 6.45) is 1.75. The molecule has 8 nitrogen and oxygen atoms in total. The number of nitrogens with one attached hydrogen (secondary N) is 1. The Kier molecular flexibility index (Phi) is 5.38. The zero-order chi connectivity index (χ0) is 22.4. The lowest BCUT2D eigenvalue weighted by Crippen LogP contribution is -2.35. The molecule has 2 N–H and O–H groups in total. The van der Waals surface area contributed by atoms with Crippen molar-refractivity contribution >= 4 is 33.7 Å². The normalized spacial score (nSPS) is 27.2. The molecule has 2 amide bonds. The van der Waals surface area contributed by atoms with E-state index < -0.39 is 34.5 Å². The van der Waals surface area contributed by atoms with Gasteiger partial charge >= 0.3 is 6.61 Å². The molecule has 4 rings (SSSR count). The number of anilines is 2. The number of alkyl halides is 2. The van der Waals surface area contributed by atoms with Gasteiger partial charge in [-0.15, -0.1) is 0 Å². The van der Waals surface area contributed by atoms with Crippen LogP contribution in [0.25, 0.3) is 0 Å². The van der Waals surface area contributed by atoms with Crippen molar-refractivity contribution in [3.63, 3.8) is 0 Å². The van der Waals surface area contributed by atoms with Gasteiger partial charge in [-0.2, -0.15) is 13.1 Å². The van der Waals surface area contributed by atoms with E-state index in [2.05, 4.69) is 9.46 Å². The Morgan fingerprint density at radius 2 is 2.10 bits per heavy atom. The molecule has 11 heteroatoms. The van der Waals surface area contributed by atoms with Crippen LogP contribution < -0.4 is 14.4 Å². The van der Waals surface area contributed by atoms with Crippen LogP contribution in [0.5, 0.6) is 5.75 Å². The number of hydrogen-bond donors (Lipinski definition) is 2. The second-order valence-electron chi connectivity index (χ2n) is 7.35. The van der Waals surface area contributed by atoms with Gasteiger partial charge < -0.3 is 9.84 Å². The maximum atomic E-state index is 13.0. The molecule has 0 saturated carbocycles. The highest BCUT2D eigenvalue weighted by Gasteiger charge is 2.47. The molecule has 2 aliphatic rings. The molecular formula is C20H20F2N2O6S. The average Bonchev–Trinajstić information content (AvgIpc) is 3.21. The summed E-state index contributed by atoms with van der Waals surface area (Å²) in [6.45, 7) is -1.32. The van der Waals surface area contributed by atoms with Gasteiger partial charge in [0.2, 0.25) is 0 Å². The minimum absolute atomic E-state index is 0.126. The van der Waals surface area contributed by atoms with Crippen LogP contribution in [0.3, 0.4) is 0 Å². The first-order valence-electron chi connectivity index (χ1n) is 9.26. The summed E-state index contributed by atoms with van der Waals surface area (Å²) < 4.78 is 37.5. The van der Waals surface area contributed by atoms with Crippen LogP contribution in [0.15, 0.2) is 42.5 Å². The molecule has 31 heavy (non-hydrogen) atoms. The number of benzene rings is 2. The summed E-state index contributed by atoms with van der Waals surface area (Å²) in [5.74, 6) is -0.691. The SMILES string of the molecule is C[C@]1(O)C(=O)N(c2cccc(OC(F)F)c2)c2ccc(C(=O)NS3(C)CCOO3)cc21. The Morgan fingerprint density at radius 3 is 2.77 bits per heavy atom. The van der Waals surface area contributed by atoms with E-state index in [-0.39, 0.29) is 22.6 Å². The molecule has 2 aliphatic heterocycles. The summed E-state index contributed by atoms with van der Waals surface area (Å²) in [4.78, 5) is 31.8. The zero-order valence-electron chi connectivity index (χ0n) is 16.6. The molecule has 0 spiro atoms. The number of ether oxygens (including phenoxy) is 1. The van der Waals surface area contributed by atoms with Crippen LogP contribution in [0.2, 0.25) is 0 Å². The topological polar surface area (TPSA) is 97.3 Å². The van der Waals surface area contributed by atoms with Gasteiger partial charge in [0.15, 0.2) is 5.60 Å². The van der Waals surface area contributed by atoms with Gasteiger partial charge in [-0.3, -0.25) is 19.2 Å². The molecule has 0 radical (unpaired) electrons. The number of nitrogens with zero attached hydrogens (tertiary/aromatic N) is 1. The van der Waals surface area contributed by atoms with E-state index >= 15 is 0 Å². The fourth-order valence-electron chi connectivity index (χ4n) is 3.45. The molecule has 1 unspecified atom stereocenters. The van der Waals surface area contributed by atoms with Crippen LogP contribution in [0, 0.1) is 0 Å². The van der Waals surface area contributed by atoms with Crippen molar-refractivity contribution in [2.45, 2.75) is 19.1 Å². The fraction of sp³-hybridized carbons (Fsp3) is 0.300. The molecule has 0 bridgehead atoms. The Morgan fingerprint density at radius 1 is 1.32 bits per heavy atom. The van der Waals surface area contributed by atoms with E-state index in [0.29, 0.717) is 18.0 Å². The second kappa shape index (κ2) is 7.75. The number of hydrogen-bond acceptors (Lipinski definition) is 6. The van der Waals surface area contributed by atoms with Crippen molar-refractivity contribution in [2.75, 3.05) is 23.5 Å². The van der Waals surface area contributed by atoms with Crippen LogP contribution in [-0.2, 0) is 19.6 Å². The largest absolute Gasteiger partial charge is 0.435 e. The van der Waals surface area contributed by atoms with E-state index in [4.69, 9.17) is 9.22 Å². The number of carbonyl (C=O) groups excluding carboxylic acids is 2. The highest BCUT2D eigenvalue weighted by Crippen LogP contribution is 2.47. The Hall–Kier alpha value is -2.73. The van der Waals surface area contributed by atoms with Crippen molar-refractivity contribution in [1.82, 2.24) is 4.72 Å². The fourth-order valence-corrected chi connectivity index (χ4v) is 4.83. The predicted octanol–water partition coefficient (Wildman–Crippen LogP) is 3.13. The molecule has 2 heterocycles. The maximum Gasteiger partial charge on any atom is 0.387 e. The van der Waals surface area contributed by atoms with Gasteiger partial charge in [0.05, 0.1) is 18.0 Å². The number of aliphatic hydroxyl groups is 1. The third-order valence-electron chi connectivity index (χ3n) is 5.01. The van der Waals surface area contributed by atoms with E-state index in [0.717, 1.165) is 0 Å².